The number of amides is 1. The molecule has 1 aliphatic heterocycles. The first-order valence-electron chi connectivity index (χ1n) is 8.49. The summed E-state index contributed by atoms with van der Waals surface area (Å²) >= 11 is 0. The Morgan fingerprint density at radius 2 is 1.91 bits per heavy atom. The third-order valence-electron chi connectivity index (χ3n) is 5.31. The Labute approximate surface area is 131 Å². The summed E-state index contributed by atoms with van der Waals surface area (Å²) in [6, 6.07) is 0. The minimum absolute atomic E-state index is 0.312. The van der Waals surface area contributed by atoms with E-state index in [2.05, 4.69) is 10.2 Å². The lowest BCUT2D eigenvalue weighted by atomic mass is 9.84. The van der Waals surface area contributed by atoms with E-state index in [4.69, 9.17) is 0 Å². The maximum atomic E-state index is 12.4. The topological polar surface area (TPSA) is 69.6 Å². The van der Waals surface area contributed by atoms with Crippen LogP contribution >= 0.6 is 0 Å². The smallest absolute Gasteiger partial charge is 0.319 e. The van der Waals surface area contributed by atoms with E-state index in [-0.39, 0.29) is 5.91 Å². The van der Waals surface area contributed by atoms with Crippen LogP contribution in [0.4, 0.5) is 0 Å². The van der Waals surface area contributed by atoms with Crippen molar-refractivity contribution in [3.63, 3.8) is 0 Å². The van der Waals surface area contributed by atoms with Crippen LogP contribution in [0.25, 0.3) is 0 Å². The number of nitrogens with one attached hydrogen (secondary N) is 1. The highest BCUT2D eigenvalue weighted by Gasteiger charge is 2.46. The van der Waals surface area contributed by atoms with Crippen LogP contribution in [0.2, 0.25) is 0 Å². The van der Waals surface area contributed by atoms with Crippen LogP contribution in [0.1, 0.15) is 38.5 Å². The molecule has 0 aromatic heterocycles. The number of carboxylic acids is 1. The lowest BCUT2D eigenvalue weighted by Gasteiger charge is -2.33. The van der Waals surface area contributed by atoms with Crippen molar-refractivity contribution in [1.29, 1.82) is 0 Å². The van der Waals surface area contributed by atoms with Crippen molar-refractivity contribution in [2.45, 2.75) is 38.5 Å². The minimum Gasteiger partial charge on any atom is -0.480 e. The van der Waals surface area contributed by atoms with Crippen LogP contribution < -0.4 is 5.32 Å². The Bertz CT molecular complexity index is 463. The Morgan fingerprint density at radius 1 is 1.18 bits per heavy atom. The van der Waals surface area contributed by atoms with E-state index in [9.17, 15) is 14.7 Å². The Kier molecular flexibility index (Phi) is 4.52. The first-order valence-corrected chi connectivity index (χ1v) is 8.49. The molecule has 5 nitrogen and oxygen atoms in total. The molecular weight excluding hydrogens is 280 g/mol. The zero-order valence-electron chi connectivity index (χ0n) is 13.1. The van der Waals surface area contributed by atoms with Gasteiger partial charge in [-0.1, -0.05) is 12.2 Å². The number of piperidine rings is 1. The molecular formula is C17H26N2O3. The molecule has 0 radical (unpaired) electrons. The Balaban J connectivity index is 1.48. The summed E-state index contributed by atoms with van der Waals surface area (Å²) in [7, 11) is 0. The van der Waals surface area contributed by atoms with Gasteiger partial charge in [0.05, 0.1) is 0 Å². The number of carbonyl (C=O) groups excluding carboxylic acids is 1. The zero-order chi connectivity index (χ0) is 15.6. The van der Waals surface area contributed by atoms with E-state index < -0.39 is 11.4 Å². The number of carbonyl (C=O) groups is 2. The molecule has 1 saturated heterocycles. The fourth-order valence-electron chi connectivity index (χ4n) is 3.67. The molecule has 22 heavy (non-hydrogen) atoms. The van der Waals surface area contributed by atoms with E-state index in [1.54, 1.807) is 12.2 Å². The van der Waals surface area contributed by atoms with Gasteiger partial charge in [0.15, 0.2) is 5.41 Å². The monoisotopic (exact) mass is 306 g/mol. The normalized spacial score (nSPS) is 27.7. The maximum Gasteiger partial charge on any atom is 0.319 e. The summed E-state index contributed by atoms with van der Waals surface area (Å²) in [6.45, 7) is 4.02. The van der Waals surface area contributed by atoms with E-state index >= 15 is 0 Å². The minimum atomic E-state index is -1.26. The Hall–Kier alpha value is -1.36. The molecule has 2 aliphatic carbocycles. The third kappa shape index (κ3) is 3.35. The summed E-state index contributed by atoms with van der Waals surface area (Å²) in [5.74, 6) is 0.0307. The lowest BCUT2D eigenvalue weighted by Crippen LogP contribution is -2.48. The molecule has 3 aliphatic rings. The fraction of sp³-hybridized carbons (Fsp3) is 0.765. The van der Waals surface area contributed by atoms with Crippen LogP contribution in [-0.2, 0) is 9.59 Å². The van der Waals surface area contributed by atoms with Crippen LogP contribution in [0.3, 0.4) is 0 Å². The third-order valence-corrected chi connectivity index (χ3v) is 5.31. The van der Waals surface area contributed by atoms with Crippen LogP contribution in [0.5, 0.6) is 0 Å². The van der Waals surface area contributed by atoms with Gasteiger partial charge in [-0.25, -0.2) is 0 Å². The number of nitrogens with zero attached hydrogens (tertiary/aromatic N) is 1. The molecule has 122 valence electrons. The highest BCUT2D eigenvalue weighted by molar-refractivity contribution is 6.02. The van der Waals surface area contributed by atoms with Crippen molar-refractivity contribution < 1.29 is 14.7 Å². The Morgan fingerprint density at radius 3 is 2.55 bits per heavy atom. The number of hydrogen-bond donors (Lipinski definition) is 2. The van der Waals surface area contributed by atoms with Crippen molar-refractivity contribution in [2.75, 3.05) is 26.2 Å². The number of aliphatic carboxylic acids is 1. The second-order valence-corrected chi connectivity index (χ2v) is 7.19. The van der Waals surface area contributed by atoms with Gasteiger partial charge in [-0.2, -0.15) is 0 Å². The number of likely N-dealkylation sites (tertiary alicyclic amines) is 1. The van der Waals surface area contributed by atoms with Gasteiger partial charge in [-0.15, -0.1) is 0 Å². The molecule has 1 saturated carbocycles. The predicted molar refractivity (Wildman–Crippen MR) is 83.3 cm³/mol. The van der Waals surface area contributed by atoms with Gasteiger partial charge in [0.2, 0.25) is 5.91 Å². The van der Waals surface area contributed by atoms with Gasteiger partial charge in [0.25, 0.3) is 0 Å². The van der Waals surface area contributed by atoms with Crippen molar-refractivity contribution >= 4 is 11.9 Å². The van der Waals surface area contributed by atoms with Crippen molar-refractivity contribution in [3.8, 4) is 0 Å². The highest BCUT2D eigenvalue weighted by Crippen LogP contribution is 2.34. The molecule has 0 spiro atoms. The quantitative estimate of drug-likeness (QED) is 0.578. The van der Waals surface area contributed by atoms with E-state index in [0.29, 0.717) is 25.3 Å². The number of rotatable bonds is 6. The molecule has 3 rings (SSSR count). The molecule has 2 N–H and O–H groups in total. The summed E-state index contributed by atoms with van der Waals surface area (Å²) in [5, 5.41) is 12.3. The first kappa shape index (κ1) is 15.5. The molecule has 1 unspecified atom stereocenters. The molecule has 1 amide bonds. The molecule has 0 aromatic rings. The lowest BCUT2D eigenvalue weighted by molar-refractivity contribution is -0.155. The van der Waals surface area contributed by atoms with Crippen LogP contribution in [0.15, 0.2) is 12.2 Å². The van der Waals surface area contributed by atoms with Gasteiger partial charge < -0.3 is 15.3 Å². The number of hydrogen-bond acceptors (Lipinski definition) is 3. The molecule has 1 atom stereocenters. The summed E-state index contributed by atoms with van der Waals surface area (Å²) in [6.07, 6.45) is 9.26. The largest absolute Gasteiger partial charge is 0.480 e. The number of carboxylic acid groups (broad SMARTS) is 1. The maximum absolute atomic E-state index is 12.4. The second-order valence-electron chi connectivity index (χ2n) is 7.19. The fourth-order valence-corrected chi connectivity index (χ4v) is 3.67. The van der Waals surface area contributed by atoms with Gasteiger partial charge in [-0.3, -0.25) is 9.59 Å². The molecule has 5 heteroatoms. The second kappa shape index (κ2) is 6.41. The summed E-state index contributed by atoms with van der Waals surface area (Å²) in [5.41, 5.74) is -1.26. The van der Waals surface area contributed by atoms with E-state index in [0.717, 1.165) is 18.9 Å². The van der Waals surface area contributed by atoms with Crippen LogP contribution in [-0.4, -0.2) is 48.1 Å². The number of allylic oxidation sites excluding steroid dienone is 2. The molecule has 0 bridgehead atoms. The average molecular weight is 306 g/mol. The molecule has 1 heterocycles. The van der Waals surface area contributed by atoms with Gasteiger partial charge >= 0.3 is 5.97 Å². The van der Waals surface area contributed by atoms with Crippen molar-refractivity contribution in [3.05, 3.63) is 12.2 Å². The zero-order valence-corrected chi connectivity index (χ0v) is 13.1. The van der Waals surface area contributed by atoms with Gasteiger partial charge in [0, 0.05) is 19.6 Å². The van der Waals surface area contributed by atoms with E-state index in [1.807, 2.05) is 0 Å². The van der Waals surface area contributed by atoms with E-state index in [1.165, 1.54) is 32.4 Å². The molecule has 0 aromatic carbocycles. The first-order chi connectivity index (χ1) is 10.6. The van der Waals surface area contributed by atoms with Gasteiger partial charge in [0.1, 0.15) is 0 Å². The predicted octanol–water partition coefficient (Wildman–Crippen LogP) is 1.65. The average Bonchev–Trinajstić information content (AvgIpc) is 3.17. The summed E-state index contributed by atoms with van der Waals surface area (Å²) in [4.78, 5) is 26.4. The SMILES string of the molecule is O=C(O)C1(C(=O)NCC2CCCN(CC3CC3)C2)CC=CC1. The summed E-state index contributed by atoms with van der Waals surface area (Å²) < 4.78 is 0. The van der Waals surface area contributed by atoms with Crippen molar-refractivity contribution in [1.82, 2.24) is 10.2 Å². The molecule has 2 fully saturated rings. The highest BCUT2D eigenvalue weighted by atomic mass is 16.4. The standard InChI is InChI=1S/C17H26N2O3/c20-15(17(16(21)22)7-1-2-8-17)18-10-14-4-3-9-19(12-14)11-13-5-6-13/h1-2,13-14H,3-12H2,(H,18,20)(H,21,22). The van der Waals surface area contributed by atoms with Gasteiger partial charge in [-0.05, 0) is 56.9 Å². The van der Waals surface area contributed by atoms with Crippen LogP contribution in [0, 0.1) is 17.3 Å². The van der Waals surface area contributed by atoms with Crippen molar-refractivity contribution in [2.24, 2.45) is 17.3 Å².